The Morgan fingerprint density at radius 2 is 2.08 bits per heavy atom. The van der Waals surface area contributed by atoms with Gasteiger partial charge in [-0.05, 0) is 28.9 Å². The number of nitrogen functional groups attached to an aromatic ring is 1. The highest BCUT2D eigenvalue weighted by Gasteiger charge is 2.10. The third-order valence-corrected chi connectivity index (χ3v) is 2.53. The fraction of sp³-hybridized carbons (Fsp3) is 0.333. The smallest absolute Gasteiger partial charge is 0.125 e. The van der Waals surface area contributed by atoms with Crippen LogP contribution in [-0.2, 0) is 0 Å². The minimum absolute atomic E-state index is 0.0631. The van der Waals surface area contributed by atoms with Gasteiger partial charge in [-0.15, -0.1) is 0 Å². The molecule has 0 aliphatic rings. The summed E-state index contributed by atoms with van der Waals surface area (Å²) in [4.78, 5) is 0. The van der Waals surface area contributed by atoms with Gasteiger partial charge in [0.15, 0.2) is 0 Å². The maximum atomic E-state index is 5.77. The first kappa shape index (κ1) is 10.3. The topological polar surface area (TPSA) is 61.3 Å². The van der Waals surface area contributed by atoms with Gasteiger partial charge in [0.2, 0.25) is 0 Å². The molecule has 4 heteroatoms. The zero-order chi connectivity index (χ0) is 10.0. The van der Waals surface area contributed by atoms with Gasteiger partial charge in [-0.25, -0.2) is 0 Å². The molecule has 1 rings (SSSR count). The number of anilines is 1. The number of hydrogen-bond acceptors (Lipinski definition) is 3. The number of benzene rings is 1. The summed E-state index contributed by atoms with van der Waals surface area (Å²) in [6.45, 7) is 1.90. The molecule has 1 unspecified atom stereocenters. The zero-order valence-electron chi connectivity index (χ0n) is 7.67. The van der Waals surface area contributed by atoms with E-state index >= 15 is 0 Å². The number of methoxy groups -OCH3 is 1. The minimum atomic E-state index is -0.0631. The predicted molar refractivity (Wildman–Crippen MR) is 57.7 cm³/mol. The van der Waals surface area contributed by atoms with Gasteiger partial charge in [-0.3, -0.25) is 0 Å². The molecule has 0 aliphatic heterocycles. The predicted octanol–water partition coefficient (Wildman–Crippen LogP) is 2.06. The van der Waals surface area contributed by atoms with E-state index in [4.69, 9.17) is 16.2 Å². The standard InChI is InChI=1S/C9H13BrN2O/c1-5(11)6-3-7(10)8(12)4-9(6)13-2/h3-5H,11-12H2,1-2H3. The van der Waals surface area contributed by atoms with Gasteiger partial charge in [0.05, 0.1) is 7.11 Å². The van der Waals surface area contributed by atoms with Crippen LogP contribution >= 0.6 is 15.9 Å². The van der Waals surface area contributed by atoms with Crippen LogP contribution in [0.4, 0.5) is 5.69 Å². The molecule has 1 atom stereocenters. The Kier molecular flexibility index (Phi) is 3.17. The van der Waals surface area contributed by atoms with Crippen LogP contribution in [0.1, 0.15) is 18.5 Å². The van der Waals surface area contributed by atoms with E-state index in [1.165, 1.54) is 0 Å². The Hall–Kier alpha value is -0.740. The molecule has 0 aliphatic carbocycles. The fourth-order valence-electron chi connectivity index (χ4n) is 1.12. The first-order valence-electron chi connectivity index (χ1n) is 3.94. The Labute approximate surface area is 86.2 Å². The largest absolute Gasteiger partial charge is 0.496 e. The summed E-state index contributed by atoms with van der Waals surface area (Å²) in [5.41, 5.74) is 13.1. The van der Waals surface area contributed by atoms with E-state index in [1.54, 1.807) is 13.2 Å². The molecule has 0 heterocycles. The summed E-state index contributed by atoms with van der Waals surface area (Å²) >= 11 is 3.34. The first-order chi connectivity index (χ1) is 6.06. The van der Waals surface area contributed by atoms with Gasteiger partial charge in [0.25, 0.3) is 0 Å². The molecule has 0 amide bonds. The highest BCUT2D eigenvalue weighted by molar-refractivity contribution is 9.10. The lowest BCUT2D eigenvalue weighted by Crippen LogP contribution is -2.07. The third kappa shape index (κ3) is 2.14. The van der Waals surface area contributed by atoms with Gasteiger partial charge in [-0.2, -0.15) is 0 Å². The van der Waals surface area contributed by atoms with E-state index in [1.807, 2.05) is 13.0 Å². The van der Waals surface area contributed by atoms with E-state index in [2.05, 4.69) is 15.9 Å². The SMILES string of the molecule is COc1cc(N)c(Br)cc1C(C)N. The molecule has 0 bridgehead atoms. The normalized spacial score (nSPS) is 12.6. The summed E-state index contributed by atoms with van der Waals surface area (Å²) in [6.07, 6.45) is 0. The highest BCUT2D eigenvalue weighted by Crippen LogP contribution is 2.31. The monoisotopic (exact) mass is 244 g/mol. The van der Waals surface area contributed by atoms with Crippen molar-refractivity contribution in [3.63, 3.8) is 0 Å². The van der Waals surface area contributed by atoms with Crippen molar-refractivity contribution in [2.45, 2.75) is 13.0 Å². The van der Waals surface area contributed by atoms with Crippen LogP contribution in [0, 0.1) is 0 Å². The Bertz CT molecular complexity index is 313. The summed E-state index contributed by atoms with van der Waals surface area (Å²) < 4.78 is 6.01. The molecule has 1 aromatic rings. The van der Waals surface area contributed by atoms with Crippen LogP contribution in [0.2, 0.25) is 0 Å². The minimum Gasteiger partial charge on any atom is -0.496 e. The summed E-state index contributed by atoms with van der Waals surface area (Å²) in [5.74, 6) is 0.732. The second-order valence-corrected chi connectivity index (χ2v) is 3.76. The maximum Gasteiger partial charge on any atom is 0.125 e. The van der Waals surface area contributed by atoms with Crippen molar-refractivity contribution in [2.24, 2.45) is 5.73 Å². The number of rotatable bonds is 2. The lowest BCUT2D eigenvalue weighted by molar-refractivity contribution is 0.407. The van der Waals surface area contributed by atoms with Gasteiger partial charge < -0.3 is 16.2 Å². The zero-order valence-corrected chi connectivity index (χ0v) is 9.26. The second-order valence-electron chi connectivity index (χ2n) is 2.90. The third-order valence-electron chi connectivity index (χ3n) is 1.84. The van der Waals surface area contributed by atoms with Crippen molar-refractivity contribution in [3.05, 3.63) is 22.2 Å². The molecule has 0 fully saturated rings. The molecule has 13 heavy (non-hydrogen) atoms. The molecule has 1 aromatic carbocycles. The van der Waals surface area contributed by atoms with Crippen LogP contribution in [0.3, 0.4) is 0 Å². The molecular formula is C9H13BrN2O. The molecule has 0 saturated carbocycles. The van der Waals surface area contributed by atoms with Crippen molar-refractivity contribution >= 4 is 21.6 Å². The average molecular weight is 245 g/mol. The molecule has 0 radical (unpaired) electrons. The van der Waals surface area contributed by atoms with E-state index in [9.17, 15) is 0 Å². The van der Waals surface area contributed by atoms with Crippen molar-refractivity contribution in [1.29, 1.82) is 0 Å². The maximum absolute atomic E-state index is 5.77. The number of hydrogen-bond donors (Lipinski definition) is 2. The lowest BCUT2D eigenvalue weighted by Gasteiger charge is -2.13. The Balaban J connectivity index is 3.25. The Morgan fingerprint density at radius 1 is 1.46 bits per heavy atom. The summed E-state index contributed by atoms with van der Waals surface area (Å²) in [6, 6.07) is 3.59. The molecule has 0 spiro atoms. The molecule has 72 valence electrons. The van der Waals surface area contributed by atoms with Crippen LogP contribution in [0.5, 0.6) is 5.75 Å². The van der Waals surface area contributed by atoms with Crippen molar-refractivity contribution in [2.75, 3.05) is 12.8 Å². The second kappa shape index (κ2) is 3.98. The van der Waals surface area contributed by atoms with Crippen molar-refractivity contribution in [1.82, 2.24) is 0 Å². The van der Waals surface area contributed by atoms with E-state index in [0.29, 0.717) is 5.69 Å². The number of halogens is 1. The van der Waals surface area contributed by atoms with E-state index < -0.39 is 0 Å². The van der Waals surface area contributed by atoms with Crippen LogP contribution in [0.15, 0.2) is 16.6 Å². The molecule has 0 saturated heterocycles. The van der Waals surface area contributed by atoms with Crippen LogP contribution in [0.25, 0.3) is 0 Å². The quantitative estimate of drug-likeness (QED) is 0.784. The lowest BCUT2D eigenvalue weighted by atomic mass is 10.1. The van der Waals surface area contributed by atoms with Gasteiger partial charge in [0, 0.05) is 27.8 Å². The fourth-order valence-corrected chi connectivity index (χ4v) is 1.48. The molecule has 3 nitrogen and oxygen atoms in total. The van der Waals surface area contributed by atoms with E-state index in [0.717, 1.165) is 15.8 Å². The highest BCUT2D eigenvalue weighted by atomic mass is 79.9. The van der Waals surface area contributed by atoms with E-state index in [-0.39, 0.29) is 6.04 Å². The van der Waals surface area contributed by atoms with Crippen LogP contribution in [-0.4, -0.2) is 7.11 Å². The van der Waals surface area contributed by atoms with Crippen LogP contribution < -0.4 is 16.2 Å². The number of ether oxygens (including phenoxy) is 1. The first-order valence-corrected chi connectivity index (χ1v) is 4.74. The summed E-state index contributed by atoms with van der Waals surface area (Å²) in [5, 5.41) is 0. The van der Waals surface area contributed by atoms with Gasteiger partial charge in [0.1, 0.15) is 5.75 Å². The molecule has 0 aromatic heterocycles. The van der Waals surface area contributed by atoms with Gasteiger partial charge in [-0.1, -0.05) is 0 Å². The average Bonchev–Trinajstić information content (AvgIpc) is 2.08. The number of nitrogens with two attached hydrogens (primary N) is 2. The molecule has 4 N–H and O–H groups in total. The van der Waals surface area contributed by atoms with Gasteiger partial charge >= 0.3 is 0 Å². The summed E-state index contributed by atoms with van der Waals surface area (Å²) in [7, 11) is 1.61. The Morgan fingerprint density at radius 3 is 2.54 bits per heavy atom. The van der Waals surface area contributed by atoms with Crippen molar-refractivity contribution < 1.29 is 4.74 Å². The molecular weight excluding hydrogens is 232 g/mol. The van der Waals surface area contributed by atoms with Crippen molar-refractivity contribution in [3.8, 4) is 5.75 Å².